The predicted octanol–water partition coefficient (Wildman–Crippen LogP) is -0.560. The van der Waals surface area contributed by atoms with Crippen LogP contribution in [0.5, 0.6) is 0 Å². The molecule has 0 rings (SSSR count). The summed E-state index contributed by atoms with van der Waals surface area (Å²) in [6.45, 7) is 0.622. The Kier molecular flexibility index (Phi) is 5.96. The zero-order valence-electron chi connectivity index (χ0n) is 6.29. The first-order valence-corrected chi connectivity index (χ1v) is 5.01. The van der Waals surface area contributed by atoms with Gasteiger partial charge in [0.25, 0.3) is 0 Å². The highest BCUT2D eigenvalue weighted by Crippen LogP contribution is 2.28. The van der Waals surface area contributed by atoms with E-state index in [4.69, 9.17) is 20.6 Å². The molecule has 0 saturated heterocycles. The van der Waals surface area contributed by atoms with Crippen LogP contribution >= 0.6 is 7.67 Å². The maximum absolute atomic E-state index is 11.0. The topological polar surface area (TPSA) is 61.4 Å². The van der Waals surface area contributed by atoms with Crippen molar-refractivity contribution in [3.8, 4) is 0 Å². The summed E-state index contributed by atoms with van der Waals surface area (Å²) in [5, 5.41) is 4.73. The van der Waals surface area contributed by atoms with Gasteiger partial charge in [0, 0.05) is 0 Å². The molecule has 3 N–H and O–H groups in total. The van der Waals surface area contributed by atoms with Gasteiger partial charge in [-0.2, -0.15) is 0 Å². The minimum Gasteiger partial charge on any atom is -0.322 e. The minimum absolute atomic E-state index is 0.311. The molecule has 0 aromatic carbocycles. The van der Waals surface area contributed by atoms with E-state index in [1.165, 1.54) is 0 Å². The third-order valence-corrected chi connectivity index (χ3v) is 2.25. The second kappa shape index (κ2) is 5.84. The standard InChI is InChI=1S/C4H11B2N2O2P/c5-1-3-7-11(9,10)8-4-2-6/h1-4H2,(H3,7,8,9,10). The number of nitrogens with one attached hydrogen (secondary N) is 2. The van der Waals surface area contributed by atoms with Gasteiger partial charge in [0.1, 0.15) is 0 Å². The molecule has 4 radical (unpaired) electrons. The van der Waals surface area contributed by atoms with Crippen molar-refractivity contribution in [3.63, 3.8) is 0 Å². The summed E-state index contributed by atoms with van der Waals surface area (Å²) < 4.78 is 11.0. The lowest BCUT2D eigenvalue weighted by Gasteiger charge is -2.12. The fourth-order valence-corrected chi connectivity index (χ4v) is 1.46. The largest absolute Gasteiger partial charge is 0.338 e. The van der Waals surface area contributed by atoms with E-state index in [9.17, 15) is 4.57 Å². The Morgan fingerprint density at radius 2 is 1.55 bits per heavy atom. The van der Waals surface area contributed by atoms with Crippen LogP contribution in [0.25, 0.3) is 0 Å². The lowest BCUT2D eigenvalue weighted by atomic mass is 10.1. The van der Waals surface area contributed by atoms with Crippen LogP contribution in [0, 0.1) is 0 Å². The molecule has 0 saturated carbocycles. The molecule has 0 aromatic heterocycles. The summed E-state index contributed by atoms with van der Waals surface area (Å²) in [5.74, 6) is 0. The van der Waals surface area contributed by atoms with Gasteiger partial charge in [-0.05, 0) is 13.1 Å². The first-order chi connectivity index (χ1) is 5.12. The first kappa shape index (κ1) is 11.2. The Balaban J connectivity index is 3.53. The zero-order chi connectivity index (χ0) is 8.74. The molecule has 0 spiro atoms. The molecule has 0 amide bonds. The van der Waals surface area contributed by atoms with Gasteiger partial charge >= 0.3 is 7.67 Å². The van der Waals surface area contributed by atoms with Crippen LogP contribution < -0.4 is 10.2 Å². The van der Waals surface area contributed by atoms with Crippen molar-refractivity contribution in [3.05, 3.63) is 0 Å². The molecule has 0 atom stereocenters. The van der Waals surface area contributed by atoms with Crippen LogP contribution in [0.2, 0.25) is 12.6 Å². The van der Waals surface area contributed by atoms with Crippen LogP contribution in [-0.4, -0.2) is 33.7 Å². The molecular weight excluding hydrogens is 161 g/mol. The maximum atomic E-state index is 11.0. The smallest absolute Gasteiger partial charge is 0.322 e. The zero-order valence-corrected chi connectivity index (χ0v) is 7.18. The average Bonchev–Trinajstić information content (AvgIpc) is 1.97. The second-order valence-electron chi connectivity index (χ2n) is 1.97. The third kappa shape index (κ3) is 6.63. The van der Waals surface area contributed by atoms with Crippen molar-refractivity contribution in [1.82, 2.24) is 10.2 Å². The molecule has 0 heterocycles. The molecule has 0 fully saturated rings. The molecule has 0 aromatic rings. The van der Waals surface area contributed by atoms with E-state index in [0.29, 0.717) is 25.7 Å². The lowest BCUT2D eigenvalue weighted by molar-refractivity contribution is 0.450. The summed E-state index contributed by atoms with van der Waals surface area (Å²) in [6, 6.07) is 0. The molecule has 4 nitrogen and oxygen atoms in total. The van der Waals surface area contributed by atoms with Crippen molar-refractivity contribution in [1.29, 1.82) is 0 Å². The molecule has 11 heavy (non-hydrogen) atoms. The fraction of sp³-hybridized carbons (Fsp3) is 1.00. The number of hydrogen-bond donors (Lipinski definition) is 3. The molecule has 7 heteroatoms. The van der Waals surface area contributed by atoms with Crippen molar-refractivity contribution < 1.29 is 9.46 Å². The van der Waals surface area contributed by atoms with Gasteiger partial charge < -0.3 is 4.89 Å². The highest BCUT2D eigenvalue weighted by molar-refractivity contribution is 7.53. The Labute approximate surface area is 69.5 Å². The molecule has 0 bridgehead atoms. The van der Waals surface area contributed by atoms with Crippen molar-refractivity contribution >= 4 is 23.4 Å². The Hall–Kier alpha value is 0.240. The minimum atomic E-state index is -3.39. The van der Waals surface area contributed by atoms with Gasteiger partial charge in [-0.25, -0.2) is 10.2 Å². The molecule has 0 unspecified atom stereocenters. The summed E-state index contributed by atoms with van der Waals surface area (Å²) in [5.41, 5.74) is 0. The van der Waals surface area contributed by atoms with Crippen molar-refractivity contribution in [2.24, 2.45) is 0 Å². The van der Waals surface area contributed by atoms with E-state index >= 15 is 0 Å². The molecule has 0 aliphatic rings. The summed E-state index contributed by atoms with van der Waals surface area (Å²) in [7, 11) is 6.85. The highest BCUT2D eigenvalue weighted by atomic mass is 31.2. The number of rotatable bonds is 6. The Morgan fingerprint density at radius 3 is 1.82 bits per heavy atom. The van der Waals surface area contributed by atoms with Crippen molar-refractivity contribution in [2.75, 3.05) is 13.1 Å². The normalized spacial score (nSPS) is 11.7. The molecular formula is C4H11B2N2O2P. The van der Waals surface area contributed by atoms with Gasteiger partial charge in [-0.3, -0.25) is 4.57 Å². The summed E-state index contributed by atoms with van der Waals surface area (Å²) in [4.78, 5) is 9.00. The third-order valence-electron chi connectivity index (χ3n) is 0.941. The van der Waals surface area contributed by atoms with Crippen LogP contribution in [-0.2, 0) is 4.57 Å². The lowest BCUT2D eigenvalue weighted by Crippen LogP contribution is -2.23. The van der Waals surface area contributed by atoms with E-state index in [1.807, 2.05) is 0 Å². The second-order valence-corrected chi connectivity index (χ2v) is 3.75. The summed E-state index contributed by atoms with van der Waals surface area (Å²) in [6.07, 6.45) is 0.656. The van der Waals surface area contributed by atoms with E-state index in [-0.39, 0.29) is 0 Å². The van der Waals surface area contributed by atoms with Gasteiger partial charge in [-0.1, -0.05) is 12.6 Å². The Morgan fingerprint density at radius 1 is 1.18 bits per heavy atom. The predicted molar refractivity (Wildman–Crippen MR) is 47.0 cm³/mol. The highest BCUT2D eigenvalue weighted by Gasteiger charge is 2.13. The molecule has 0 aliphatic carbocycles. The van der Waals surface area contributed by atoms with Crippen LogP contribution in [0.4, 0.5) is 0 Å². The quantitative estimate of drug-likeness (QED) is 0.371. The van der Waals surface area contributed by atoms with E-state index < -0.39 is 7.67 Å². The number of hydrogen-bond acceptors (Lipinski definition) is 1. The van der Waals surface area contributed by atoms with Crippen LogP contribution in [0.1, 0.15) is 0 Å². The SMILES string of the molecule is [B]CCNP(=O)(O)NCC[B]. The van der Waals surface area contributed by atoms with Gasteiger partial charge in [-0.15, -0.1) is 0 Å². The fourth-order valence-electron chi connectivity index (χ4n) is 0.488. The van der Waals surface area contributed by atoms with Crippen LogP contribution in [0.3, 0.4) is 0 Å². The summed E-state index contributed by atoms with van der Waals surface area (Å²) >= 11 is 0. The monoisotopic (exact) mass is 172 g/mol. The maximum Gasteiger partial charge on any atom is 0.338 e. The van der Waals surface area contributed by atoms with E-state index in [1.54, 1.807) is 0 Å². The molecule has 0 aliphatic heterocycles. The molecule has 60 valence electrons. The van der Waals surface area contributed by atoms with Crippen LogP contribution in [0.15, 0.2) is 0 Å². The first-order valence-electron chi connectivity index (χ1n) is 3.35. The van der Waals surface area contributed by atoms with E-state index in [2.05, 4.69) is 10.2 Å². The Bertz CT molecular complexity index is 134. The van der Waals surface area contributed by atoms with E-state index in [0.717, 1.165) is 0 Å². The van der Waals surface area contributed by atoms with Crippen molar-refractivity contribution in [2.45, 2.75) is 12.6 Å². The van der Waals surface area contributed by atoms with Gasteiger partial charge in [0.05, 0.1) is 15.7 Å². The average molecular weight is 172 g/mol. The van der Waals surface area contributed by atoms with Gasteiger partial charge in [0.15, 0.2) is 0 Å². The van der Waals surface area contributed by atoms with Gasteiger partial charge in [0.2, 0.25) is 0 Å².